The van der Waals surface area contributed by atoms with E-state index in [1.165, 1.54) is 10.0 Å². The number of carbonyl (C=O) groups excluding carboxylic acids is 1. The van der Waals surface area contributed by atoms with Crippen LogP contribution in [0.4, 0.5) is 26.3 Å². The minimum atomic E-state index is -4.70. The average molecular weight is 738 g/mol. The van der Waals surface area contributed by atoms with Crippen LogP contribution in [0.2, 0.25) is 23.2 Å². The molecule has 1 atom stereocenters. The van der Waals surface area contributed by atoms with E-state index < -0.39 is 75.0 Å². The van der Waals surface area contributed by atoms with Gasteiger partial charge in [-0.15, -0.1) is 0 Å². The summed E-state index contributed by atoms with van der Waals surface area (Å²) in [6.07, 6.45) is -2.13. The van der Waals surface area contributed by atoms with Crippen molar-refractivity contribution >= 4 is 35.7 Å². The fraction of sp³-hybridized carbons (Fsp3) is 0.606. The van der Waals surface area contributed by atoms with Gasteiger partial charge in [0.1, 0.15) is 39.6 Å². The van der Waals surface area contributed by atoms with Crippen molar-refractivity contribution in [3.63, 3.8) is 0 Å². The number of carbonyl (C=O) groups is 1. The van der Waals surface area contributed by atoms with Crippen molar-refractivity contribution in [2.75, 3.05) is 19.7 Å². The van der Waals surface area contributed by atoms with Crippen molar-refractivity contribution in [3.05, 3.63) is 63.2 Å². The molecule has 5 rings (SSSR count). The number of halogens is 7. The highest BCUT2D eigenvalue weighted by Crippen LogP contribution is 2.48. The molecule has 0 spiro atoms. The zero-order chi connectivity index (χ0) is 35.6. The van der Waals surface area contributed by atoms with Crippen molar-refractivity contribution in [1.29, 1.82) is 4.78 Å². The number of nitrogens with one attached hydrogen (secondary N) is 1. The van der Waals surface area contributed by atoms with Gasteiger partial charge in [-0.05, 0) is 73.2 Å². The number of hydrogen-bond acceptors (Lipinski definition) is 5. The van der Waals surface area contributed by atoms with Crippen LogP contribution < -0.4 is 4.74 Å². The largest absolute Gasteiger partial charge is 0.490 e. The predicted molar refractivity (Wildman–Crippen MR) is 176 cm³/mol. The smallest absolute Gasteiger partial charge is 0.416 e. The Bertz CT molecular complexity index is 1680. The SMILES string of the molecule is CC(C)(C)[Si](C)(C)N(C(=O)c1cc(C2CC2)c(OCC2(F)CCN(Cc3cc(C(F)(F)F)cc(Cl)c3F)CC2)cc1F)S(=N)(=O)C1CC1. The van der Waals surface area contributed by atoms with E-state index in [0.717, 1.165) is 18.9 Å². The molecule has 2 aromatic rings. The van der Waals surface area contributed by atoms with Crippen LogP contribution in [-0.4, -0.2) is 57.8 Å². The summed E-state index contributed by atoms with van der Waals surface area (Å²) < 4.78 is 116. The average Bonchev–Trinajstić information content (AvgIpc) is 3.87. The van der Waals surface area contributed by atoms with Crippen LogP contribution in [0.1, 0.15) is 92.3 Å². The number of ether oxygens (including phenoxy) is 1. The van der Waals surface area contributed by atoms with Crippen LogP contribution in [0.3, 0.4) is 0 Å². The molecular formula is C33H42ClF6N3O3SSi. The van der Waals surface area contributed by atoms with Gasteiger partial charge in [-0.25, -0.2) is 22.2 Å². The molecule has 2 saturated carbocycles. The number of benzene rings is 2. The Morgan fingerprint density at radius 3 is 2.21 bits per heavy atom. The molecule has 1 N–H and O–H groups in total. The maximum Gasteiger partial charge on any atom is 0.416 e. The highest BCUT2D eigenvalue weighted by atomic mass is 35.5. The van der Waals surface area contributed by atoms with Gasteiger partial charge in [0.15, 0.2) is 8.24 Å². The standard InChI is InChI=1S/C33H42ClF6N3O3SSi/c1-31(2,3)48(4,5)43(47(41,45)23-8-9-23)30(44)25-16-24(20-6-7-20)28(17-27(25)35)46-19-32(37)10-12-42(13-11-32)18-21-14-22(33(38,39)40)15-26(34)29(21)36/h14-17,20,23,41H,6-13,18-19H2,1-5H3. The Morgan fingerprint density at radius 2 is 1.69 bits per heavy atom. The first-order valence-corrected chi connectivity index (χ1v) is 21.0. The van der Waals surface area contributed by atoms with Crippen molar-refractivity contribution in [2.24, 2.45) is 0 Å². The molecule has 1 heterocycles. The second-order valence-electron chi connectivity index (χ2n) is 15.0. The Morgan fingerprint density at radius 1 is 1.08 bits per heavy atom. The lowest BCUT2D eigenvalue weighted by atomic mass is 9.93. The lowest BCUT2D eigenvalue weighted by Crippen LogP contribution is -2.60. The van der Waals surface area contributed by atoms with Gasteiger partial charge in [-0.3, -0.25) is 13.7 Å². The summed E-state index contributed by atoms with van der Waals surface area (Å²) in [5.41, 5.74) is -2.87. The number of likely N-dealkylation sites (tertiary alicyclic amines) is 1. The number of hydrogen-bond donors (Lipinski definition) is 1. The molecule has 15 heteroatoms. The van der Waals surface area contributed by atoms with Crippen LogP contribution in [-0.2, 0) is 22.6 Å². The monoisotopic (exact) mass is 737 g/mol. The third-order valence-electron chi connectivity index (χ3n) is 10.2. The normalized spacial score (nSPS) is 20.3. The van der Waals surface area contributed by atoms with Crippen molar-refractivity contribution in [1.82, 2.24) is 8.87 Å². The Hall–Kier alpha value is -2.29. The maximum absolute atomic E-state index is 16.0. The van der Waals surface area contributed by atoms with E-state index in [9.17, 15) is 26.6 Å². The quantitative estimate of drug-likeness (QED) is 0.195. The summed E-state index contributed by atoms with van der Waals surface area (Å²) in [4.78, 5) is 15.7. The lowest BCUT2D eigenvalue weighted by Gasteiger charge is -2.46. The molecule has 1 saturated heterocycles. The van der Waals surface area contributed by atoms with E-state index in [0.29, 0.717) is 30.5 Å². The molecule has 0 aromatic heterocycles. The molecule has 48 heavy (non-hydrogen) atoms. The second kappa shape index (κ2) is 12.8. The molecule has 1 amide bonds. The van der Waals surface area contributed by atoms with E-state index in [1.807, 2.05) is 33.9 Å². The molecule has 266 valence electrons. The topological polar surface area (TPSA) is 73.7 Å². The molecule has 2 aromatic carbocycles. The Labute approximate surface area is 284 Å². The number of amides is 1. The molecule has 3 fully saturated rings. The van der Waals surface area contributed by atoms with Crippen molar-refractivity contribution < 1.29 is 40.1 Å². The zero-order valence-corrected chi connectivity index (χ0v) is 30.3. The first kappa shape index (κ1) is 37.0. The van der Waals surface area contributed by atoms with Crippen LogP contribution in [0, 0.1) is 16.4 Å². The van der Waals surface area contributed by atoms with Gasteiger partial charge in [0.2, 0.25) is 0 Å². The number of nitrogens with zero attached hydrogens (tertiary/aromatic N) is 2. The molecule has 0 radical (unpaired) electrons. The summed E-state index contributed by atoms with van der Waals surface area (Å²) >= 11 is 5.72. The summed E-state index contributed by atoms with van der Waals surface area (Å²) in [5, 5.41) is -1.54. The summed E-state index contributed by atoms with van der Waals surface area (Å²) in [7, 11) is -6.42. The highest BCUT2D eigenvalue weighted by molar-refractivity contribution is 7.93. The summed E-state index contributed by atoms with van der Waals surface area (Å²) in [5.74, 6) is -2.54. The van der Waals surface area contributed by atoms with Crippen LogP contribution in [0.15, 0.2) is 24.3 Å². The lowest BCUT2D eigenvalue weighted by molar-refractivity contribution is -0.137. The molecule has 1 aliphatic heterocycles. The van der Waals surface area contributed by atoms with E-state index >= 15 is 8.78 Å². The van der Waals surface area contributed by atoms with Gasteiger partial charge in [-0.1, -0.05) is 45.5 Å². The van der Waals surface area contributed by atoms with Gasteiger partial charge in [-0.2, -0.15) is 13.2 Å². The third-order valence-corrected chi connectivity index (χ3v) is 19.6. The number of piperidine rings is 1. The fourth-order valence-electron chi connectivity index (χ4n) is 5.87. The maximum atomic E-state index is 16.0. The molecule has 2 aliphatic carbocycles. The van der Waals surface area contributed by atoms with E-state index in [-0.39, 0.29) is 55.3 Å². The summed E-state index contributed by atoms with van der Waals surface area (Å²) in [6, 6.07) is 3.74. The van der Waals surface area contributed by atoms with Gasteiger partial charge < -0.3 is 4.74 Å². The summed E-state index contributed by atoms with van der Waals surface area (Å²) in [6.45, 7) is 9.16. The van der Waals surface area contributed by atoms with Crippen molar-refractivity contribution in [3.8, 4) is 5.75 Å². The van der Waals surface area contributed by atoms with Gasteiger partial charge >= 0.3 is 6.18 Å². The second-order valence-corrected chi connectivity index (χ2v) is 22.9. The predicted octanol–water partition coefficient (Wildman–Crippen LogP) is 9.47. The van der Waals surface area contributed by atoms with Gasteiger partial charge in [0, 0.05) is 31.3 Å². The molecule has 0 bridgehead atoms. The molecule has 3 aliphatic rings. The van der Waals surface area contributed by atoms with E-state index in [2.05, 4.69) is 0 Å². The van der Waals surface area contributed by atoms with Crippen LogP contribution in [0.5, 0.6) is 5.75 Å². The highest BCUT2D eigenvalue weighted by Gasteiger charge is 2.52. The molecule has 6 nitrogen and oxygen atoms in total. The number of rotatable bonds is 10. The molecule has 1 unspecified atom stereocenters. The van der Waals surface area contributed by atoms with E-state index in [4.69, 9.17) is 21.1 Å². The van der Waals surface area contributed by atoms with E-state index in [1.54, 1.807) is 4.90 Å². The minimum Gasteiger partial charge on any atom is -0.490 e. The van der Waals surface area contributed by atoms with Crippen LogP contribution in [0.25, 0.3) is 0 Å². The minimum absolute atomic E-state index is 0.0242. The Kier molecular flexibility index (Phi) is 9.85. The third kappa shape index (κ3) is 7.56. The zero-order valence-electron chi connectivity index (χ0n) is 27.7. The number of alkyl halides is 4. The van der Waals surface area contributed by atoms with Gasteiger partial charge in [0.25, 0.3) is 5.91 Å². The first-order chi connectivity index (χ1) is 22.0. The van der Waals surface area contributed by atoms with Gasteiger partial charge in [0.05, 0.1) is 21.4 Å². The van der Waals surface area contributed by atoms with Crippen molar-refractivity contribution in [2.45, 2.75) is 107 Å². The Balaban J connectivity index is 1.32. The van der Waals surface area contributed by atoms with Crippen LogP contribution >= 0.6 is 11.6 Å². The first-order valence-electron chi connectivity index (χ1n) is 16.1. The molecular weight excluding hydrogens is 696 g/mol. The fourth-order valence-corrected chi connectivity index (χ4v) is 12.7.